The van der Waals surface area contributed by atoms with Crippen LogP contribution in [-0.2, 0) is 5.60 Å². The molecule has 1 aliphatic heterocycles. The first-order valence-corrected chi connectivity index (χ1v) is 9.72. The number of rotatable bonds is 5. The van der Waals surface area contributed by atoms with Crippen molar-refractivity contribution in [3.8, 4) is 0 Å². The number of hydrogen-bond donors (Lipinski definition) is 2. The summed E-state index contributed by atoms with van der Waals surface area (Å²) in [7, 11) is 0. The molecular formula is C20H34N2O2. The quantitative estimate of drug-likeness (QED) is 0.866. The second-order valence-electron chi connectivity index (χ2n) is 8.20. The van der Waals surface area contributed by atoms with Crippen LogP contribution < -0.4 is 5.32 Å². The summed E-state index contributed by atoms with van der Waals surface area (Å²) in [5.41, 5.74) is -0.941. The maximum Gasteiger partial charge on any atom is 0.136 e. The molecule has 3 atom stereocenters. The first-order chi connectivity index (χ1) is 11.5. The molecule has 2 aliphatic rings. The molecule has 1 saturated heterocycles. The number of piperidine rings is 1. The van der Waals surface area contributed by atoms with Crippen LogP contribution in [-0.4, -0.2) is 41.7 Å². The maximum atomic E-state index is 10.7. The van der Waals surface area contributed by atoms with Crippen LogP contribution in [0.2, 0.25) is 0 Å². The zero-order valence-corrected chi connectivity index (χ0v) is 15.6. The minimum atomic E-state index is -0.941. The third-order valence-corrected chi connectivity index (χ3v) is 6.07. The second kappa shape index (κ2) is 7.59. The summed E-state index contributed by atoms with van der Waals surface area (Å²) in [6, 6.07) is 5.09. The molecule has 2 fully saturated rings. The summed E-state index contributed by atoms with van der Waals surface area (Å²) in [6.45, 7) is 9.09. The van der Waals surface area contributed by atoms with E-state index in [1.807, 2.05) is 26.0 Å². The van der Waals surface area contributed by atoms with Crippen LogP contribution in [0.1, 0.15) is 63.9 Å². The van der Waals surface area contributed by atoms with Crippen LogP contribution in [0.25, 0.3) is 0 Å². The lowest BCUT2D eigenvalue weighted by Gasteiger charge is -2.42. The number of nitrogens with one attached hydrogen (secondary N) is 1. The average Bonchev–Trinajstić information content (AvgIpc) is 3.02. The molecular weight excluding hydrogens is 300 g/mol. The third kappa shape index (κ3) is 4.22. The van der Waals surface area contributed by atoms with E-state index in [0.717, 1.165) is 17.7 Å². The van der Waals surface area contributed by atoms with Crippen molar-refractivity contribution < 1.29 is 9.52 Å². The molecule has 0 spiro atoms. The Balaban J connectivity index is 1.45. The topological polar surface area (TPSA) is 48.6 Å². The van der Waals surface area contributed by atoms with Crippen LogP contribution in [0, 0.1) is 12.8 Å². The van der Waals surface area contributed by atoms with Gasteiger partial charge in [0.15, 0.2) is 0 Å². The molecule has 3 unspecified atom stereocenters. The van der Waals surface area contributed by atoms with Crippen LogP contribution in [0.15, 0.2) is 16.5 Å². The molecule has 0 amide bonds. The molecule has 4 heteroatoms. The monoisotopic (exact) mass is 334 g/mol. The number of nitrogens with zero attached hydrogens (tertiary/aromatic N) is 1. The molecule has 1 aromatic rings. The highest BCUT2D eigenvalue weighted by atomic mass is 16.4. The van der Waals surface area contributed by atoms with Gasteiger partial charge in [0.05, 0.1) is 0 Å². The first kappa shape index (κ1) is 18.0. The molecule has 1 saturated carbocycles. The molecule has 136 valence electrons. The highest BCUT2D eigenvalue weighted by Gasteiger charge is 2.32. The van der Waals surface area contributed by atoms with Gasteiger partial charge in [-0.2, -0.15) is 0 Å². The van der Waals surface area contributed by atoms with Gasteiger partial charge >= 0.3 is 0 Å². The van der Waals surface area contributed by atoms with Gasteiger partial charge in [-0.15, -0.1) is 0 Å². The fourth-order valence-electron chi connectivity index (χ4n) is 4.43. The zero-order valence-electron chi connectivity index (χ0n) is 15.6. The molecule has 2 heterocycles. The molecule has 0 aromatic carbocycles. The van der Waals surface area contributed by atoms with E-state index in [2.05, 4.69) is 17.1 Å². The Kier molecular flexibility index (Phi) is 5.68. The molecule has 24 heavy (non-hydrogen) atoms. The van der Waals surface area contributed by atoms with E-state index in [1.165, 1.54) is 51.6 Å². The van der Waals surface area contributed by atoms with Crippen molar-refractivity contribution in [2.75, 3.05) is 19.6 Å². The molecule has 1 aliphatic carbocycles. The van der Waals surface area contributed by atoms with Gasteiger partial charge in [0.1, 0.15) is 17.1 Å². The highest BCUT2D eigenvalue weighted by molar-refractivity contribution is 5.13. The van der Waals surface area contributed by atoms with E-state index in [1.54, 1.807) is 0 Å². The standard InChI is InChI=1S/C20H34N2O2/c1-15-6-4-5-7-18(15)22-12-10-17(11-13-22)21-14-20(3,23)19-9-8-16(2)24-19/h8-9,15,17-18,21,23H,4-7,10-14H2,1-3H3. The summed E-state index contributed by atoms with van der Waals surface area (Å²) >= 11 is 0. The van der Waals surface area contributed by atoms with Crippen LogP contribution in [0.5, 0.6) is 0 Å². The molecule has 1 aromatic heterocycles. The van der Waals surface area contributed by atoms with Crippen molar-refractivity contribution >= 4 is 0 Å². The Morgan fingerprint density at radius 2 is 1.92 bits per heavy atom. The predicted molar refractivity (Wildman–Crippen MR) is 97.0 cm³/mol. The Morgan fingerprint density at radius 1 is 1.21 bits per heavy atom. The first-order valence-electron chi connectivity index (χ1n) is 9.72. The largest absolute Gasteiger partial charge is 0.463 e. The Hall–Kier alpha value is -0.840. The lowest BCUT2D eigenvalue weighted by Crippen LogP contribution is -2.51. The van der Waals surface area contributed by atoms with Crippen molar-refractivity contribution in [1.82, 2.24) is 10.2 Å². The molecule has 3 rings (SSSR count). The third-order valence-electron chi connectivity index (χ3n) is 6.07. The van der Waals surface area contributed by atoms with Gasteiger partial charge in [0, 0.05) is 18.6 Å². The summed E-state index contributed by atoms with van der Waals surface area (Å²) in [4.78, 5) is 2.72. The van der Waals surface area contributed by atoms with Crippen molar-refractivity contribution in [3.63, 3.8) is 0 Å². The van der Waals surface area contributed by atoms with Gasteiger partial charge in [-0.25, -0.2) is 0 Å². The van der Waals surface area contributed by atoms with E-state index in [0.29, 0.717) is 18.3 Å². The van der Waals surface area contributed by atoms with Crippen LogP contribution in [0.3, 0.4) is 0 Å². The summed E-state index contributed by atoms with van der Waals surface area (Å²) in [5.74, 6) is 2.35. The summed E-state index contributed by atoms with van der Waals surface area (Å²) in [6.07, 6.45) is 7.95. The minimum absolute atomic E-state index is 0.502. The second-order valence-corrected chi connectivity index (χ2v) is 8.20. The van der Waals surface area contributed by atoms with Gasteiger partial charge in [0.25, 0.3) is 0 Å². The van der Waals surface area contributed by atoms with Gasteiger partial charge < -0.3 is 19.7 Å². The SMILES string of the molecule is Cc1ccc(C(C)(O)CNC2CCN(C3CCCCC3C)CC2)o1. The number of hydrogen-bond acceptors (Lipinski definition) is 4. The smallest absolute Gasteiger partial charge is 0.136 e. The summed E-state index contributed by atoms with van der Waals surface area (Å²) in [5, 5.41) is 14.2. The van der Waals surface area contributed by atoms with Crippen molar-refractivity contribution in [2.45, 2.75) is 77.0 Å². The van der Waals surface area contributed by atoms with Crippen molar-refractivity contribution in [1.29, 1.82) is 0 Å². The van der Waals surface area contributed by atoms with Gasteiger partial charge in [-0.1, -0.05) is 19.8 Å². The van der Waals surface area contributed by atoms with Crippen LogP contribution >= 0.6 is 0 Å². The Morgan fingerprint density at radius 3 is 2.54 bits per heavy atom. The molecule has 4 nitrogen and oxygen atoms in total. The Labute approximate surface area is 146 Å². The number of aliphatic hydroxyl groups is 1. The zero-order chi connectivity index (χ0) is 17.2. The number of aryl methyl sites for hydroxylation is 1. The lowest BCUT2D eigenvalue weighted by atomic mass is 9.84. The van der Waals surface area contributed by atoms with Crippen molar-refractivity contribution in [3.05, 3.63) is 23.7 Å². The Bertz CT molecular complexity index is 517. The van der Waals surface area contributed by atoms with Crippen molar-refractivity contribution in [2.24, 2.45) is 5.92 Å². The fourth-order valence-corrected chi connectivity index (χ4v) is 4.43. The van der Waals surface area contributed by atoms with Gasteiger partial charge in [0.2, 0.25) is 0 Å². The normalized spacial score (nSPS) is 29.5. The van der Waals surface area contributed by atoms with E-state index in [4.69, 9.17) is 4.42 Å². The van der Waals surface area contributed by atoms with E-state index >= 15 is 0 Å². The predicted octanol–water partition coefficient (Wildman–Crippen LogP) is 3.43. The minimum Gasteiger partial charge on any atom is -0.463 e. The van der Waals surface area contributed by atoms with E-state index in [9.17, 15) is 5.11 Å². The van der Waals surface area contributed by atoms with Crippen LogP contribution in [0.4, 0.5) is 0 Å². The highest BCUT2D eigenvalue weighted by Crippen LogP contribution is 2.30. The molecule has 0 bridgehead atoms. The van der Waals surface area contributed by atoms with E-state index in [-0.39, 0.29) is 0 Å². The number of likely N-dealkylation sites (tertiary alicyclic amines) is 1. The average molecular weight is 335 g/mol. The van der Waals surface area contributed by atoms with Gasteiger partial charge in [-0.05, 0) is 70.7 Å². The van der Waals surface area contributed by atoms with E-state index < -0.39 is 5.60 Å². The molecule has 2 N–H and O–H groups in total. The number of furan rings is 1. The fraction of sp³-hybridized carbons (Fsp3) is 0.800. The maximum absolute atomic E-state index is 10.7. The lowest BCUT2D eigenvalue weighted by molar-refractivity contribution is 0.0248. The molecule has 0 radical (unpaired) electrons. The summed E-state index contributed by atoms with van der Waals surface area (Å²) < 4.78 is 5.60. The van der Waals surface area contributed by atoms with Gasteiger partial charge in [-0.3, -0.25) is 0 Å².